The minimum absolute atomic E-state index is 0.00925. The van der Waals surface area contributed by atoms with E-state index < -0.39 is 12.2 Å². The molecule has 2 aromatic rings. The molecule has 0 radical (unpaired) electrons. The molecular weight excluding hydrogens is 598 g/mol. The number of fused-ring (bicyclic) bond motifs is 1. The molecule has 4 aliphatic heterocycles. The van der Waals surface area contributed by atoms with E-state index in [1.165, 1.54) is 0 Å². The van der Waals surface area contributed by atoms with Crippen molar-refractivity contribution in [3.8, 4) is 5.75 Å². The summed E-state index contributed by atoms with van der Waals surface area (Å²) in [6.45, 7) is 11.9. The number of aromatic hydroxyl groups is 1. The molecule has 11 nitrogen and oxygen atoms in total. The molecule has 3 saturated heterocycles. The van der Waals surface area contributed by atoms with E-state index in [4.69, 9.17) is 9.47 Å². The summed E-state index contributed by atoms with van der Waals surface area (Å²) in [5, 5.41) is 13.4. The quantitative estimate of drug-likeness (QED) is 0.480. The molecule has 2 N–H and O–H groups in total. The van der Waals surface area contributed by atoms with Gasteiger partial charge < -0.3 is 34.6 Å². The van der Waals surface area contributed by atoms with Crippen molar-refractivity contribution in [3.63, 3.8) is 0 Å². The molecule has 0 aliphatic carbocycles. The van der Waals surface area contributed by atoms with Crippen LogP contribution in [0.25, 0.3) is 0 Å². The van der Waals surface area contributed by atoms with Crippen molar-refractivity contribution in [3.05, 3.63) is 58.7 Å². The lowest BCUT2D eigenvalue weighted by Gasteiger charge is -2.48. The first-order chi connectivity index (χ1) is 22.6. The fourth-order valence-electron chi connectivity index (χ4n) is 7.68. The van der Waals surface area contributed by atoms with Crippen LogP contribution in [0.3, 0.4) is 0 Å². The number of phenols is 1. The third-order valence-corrected chi connectivity index (χ3v) is 10.7. The minimum atomic E-state index is -0.980. The summed E-state index contributed by atoms with van der Waals surface area (Å²) in [5.41, 5.74) is 4.27. The smallest absolute Gasteiger partial charge is 0.410 e. The number of nitrogens with zero attached hydrogens (tertiary/aromatic N) is 4. The van der Waals surface area contributed by atoms with Gasteiger partial charge in [0.15, 0.2) is 6.10 Å². The Morgan fingerprint density at radius 2 is 1.64 bits per heavy atom. The van der Waals surface area contributed by atoms with Crippen molar-refractivity contribution in [1.82, 2.24) is 19.6 Å². The van der Waals surface area contributed by atoms with Crippen molar-refractivity contribution in [2.45, 2.75) is 77.0 Å². The zero-order chi connectivity index (χ0) is 33.1. The van der Waals surface area contributed by atoms with E-state index in [0.29, 0.717) is 45.6 Å². The molecule has 4 aliphatic rings. The highest BCUT2D eigenvalue weighted by Crippen LogP contribution is 2.31. The van der Waals surface area contributed by atoms with Crippen LogP contribution >= 0.6 is 0 Å². The molecule has 0 bridgehead atoms. The van der Waals surface area contributed by atoms with Crippen LogP contribution in [-0.4, -0.2) is 119 Å². The molecule has 0 saturated carbocycles. The van der Waals surface area contributed by atoms with Gasteiger partial charge in [-0.05, 0) is 81.2 Å². The van der Waals surface area contributed by atoms with E-state index >= 15 is 0 Å². The van der Waals surface area contributed by atoms with E-state index in [1.54, 1.807) is 4.90 Å². The van der Waals surface area contributed by atoms with Crippen molar-refractivity contribution < 1.29 is 29.0 Å². The van der Waals surface area contributed by atoms with Crippen LogP contribution in [0, 0.1) is 13.8 Å². The number of anilines is 1. The average Bonchev–Trinajstić information content (AvgIpc) is 3.25. The van der Waals surface area contributed by atoms with Gasteiger partial charge in [-0.15, -0.1) is 0 Å². The summed E-state index contributed by atoms with van der Waals surface area (Å²) >= 11 is 0. The molecule has 4 heterocycles. The first-order valence-corrected chi connectivity index (χ1v) is 17.1. The van der Waals surface area contributed by atoms with Crippen molar-refractivity contribution >= 4 is 23.7 Å². The first-order valence-electron chi connectivity index (χ1n) is 17.1. The maximum absolute atomic E-state index is 14.1. The molecule has 0 spiro atoms. The molecule has 0 aromatic heterocycles. The third kappa shape index (κ3) is 7.36. The second-order valence-corrected chi connectivity index (χ2v) is 13.8. The third-order valence-electron chi connectivity index (χ3n) is 10.7. The number of phenolic OH excluding ortho intramolecular Hbond substituents is 1. The SMILES string of the molecule is Cc1cc(C[C@@H](OC(=O)N2CCC(N3CCc4ccccc4NC3=O)CC2)C(=O)N2CCC(C)(N3CCOCC3)CC2)cc(C)c1O. The van der Waals surface area contributed by atoms with Gasteiger partial charge in [0, 0.05) is 69.5 Å². The Balaban J connectivity index is 1.10. The largest absolute Gasteiger partial charge is 0.507 e. The van der Waals surface area contributed by atoms with Crippen LogP contribution < -0.4 is 5.32 Å². The topological polar surface area (TPSA) is 115 Å². The maximum atomic E-state index is 14.1. The molecule has 47 heavy (non-hydrogen) atoms. The molecule has 6 rings (SSSR count). The van der Waals surface area contributed by atoms with Gasteiger partial charge in [0.05, 0.1) is 13.2 Å². The number of carbonyl (C=O) groups excluding carboxylic acids is 3. The van der Waals surface area contributed by atoms with Gasteiger partial charge in [0.2, 0.25) is 0 Å². The number of nitrogens with one attached hydrogen (secondary N) is 1. The predicted molar refractivity (Wildman–Crippen MR) is 179 cm³/mol. The van der Waals surface area contributed by atoms with Crippen LogP contribution in [0.1, 0.15) is 54.9 Å². The van der Waals surface area contributed by atoms with Crippen LogP contribution in [0.2, 0.25) is 0 Å². The number of carbonyl (C=O) groups is 3. The van der Waals surface area contributed by atoms with E-state index in [2.05, 4.69) is 17.1 Å². The Morgan fingerprint density at radius 3 is 2.32 bits per heavy atom. The van der Waals surface area contributed by atoms with Crippen LogP contribution in [-0.2, 0) is 27.1 Å². The highest BCUT2D eigenvalue weighted by Gasteiger charge is 2.40. The number of amides is 4. The number of likely N-dealkylation sites (tertiary alicyclic amines) is 2. The zero-order valence-corrected chi connectivity index (χ0v) is 28.0. The average molecular weight is 648 g/mol. The Labute approximate surface area is 277 Å². The second-order valence-electron chi connectivity index (χ2n) is 13.8. The second kappa shape index (κ2) is 14.1. The van der Waals surface area contributed by atoms with Gasteiger partial charge in [-0.3, -0.25) is 9.69 Å². The number of benzene rings is 2. The lowest BCUT2D eigenvalue weighted by Crippen LogP contribution is -2.58. The monoisotopic (exact) mass is 647 g/mol. The van der Waals surface area contributed by atoms with Crippen molar-refractivity contribution in [1.29, 1.82) is 0 Å². The van der Waals surface area contributed by atoms with E-state index in [1.807, 2.05) is 60.0 Å². The summed E-state index contributed by atoms with van der Waals surface area (Å²) in [6.07, 6.45) is 2.50. The Kier molecular flexibility index (Phi) is 9.93. The fourth-order valence-corrected chi connectivity index (χ4v) is 7.68. The van der Waals surface area contributed by atoms with E-state index in [-0.39, 0.29) is 35.7 Å². The van der Waals surface area contributed by atoms with Gasteiger partial charge in [-0.1, -0.05) is 30.3 Å². The summed E-state index contributed by atoms with van der Waals surface area (Å²) in [7, 11) is 0. The molecule has 1 atom stereocenters. The minimum Gasteiger partial charge on any atom is -0.507 e. The number of piperidine rings is 2. The first kappa shape index (κ1) is 33.1. The van der Waals surface area contributed by atoms with Gasteiger partial charge in [0.1, 0.15) is 5.75 Å². The Hall–Kier alpha value is -3.83. The van der Waals surface area contributed by atoms with Gasteiger partial charge in [-0.2, -0.15) is 0 Å². The molecule has 4 amide bonds. The van der Waals surface area contributed by atoms with E-state index in [0.717, 1.165) is 73.5 Å². The van der Waals surface area contributed by atoms with Gasteiger partial charge >= 0.3 is 12.1 Å². The number of hydrogen-bond donors (Lipinski definition) is 2. The van der Waals surface area contributed by atoms with Crippen molar-refractivity contribution in [2.75, 3.05) is 64.3 Å². The lowest BCUT2D eigenvalue weighted by atomic mass is 9.87. The number of morpholine rings is 1. The summed E-state index contributed by atoms with van der Waals surface area (Å²) in [6, 6.07) is 11.5. The molecule has 2 aromatic carbocycles. The molecule has 254 valence electrons. The maximum Gasteiger partial charge on any atom is 0.410 e. The normalized spacial score (nSPS) is 21.4. The number of aryl methyl sites for hydroxylation is 2. The number of rotatable bonds is 6. The summed E-state index contributed by atoms with van der Waals surface area (Å²) in [4.78, 5) is 48.6. The standard InChI is InChI=1S/C36H49N5O6/c1-25-22-27(23-26(2)32(25)42)24-31(33(43)38-16-11-36(3,12-17-38)40-18-20-46-21-19-40)47-35(45)39-13-9-29(10-14-39)41-15-8-28-6-4-5-7-30(28)37-34(41)44/h4-7,22-23,29,31,42H,8-21,24H2,1-3H3,(H,37,44)/t31-/m1/s1. The lowest BCUT2D eigenvalue weighted by molar-refractivity contribution is -0.144. The van der Waals surface area contributed by atoms with E-state index in [9.17, 15) is 19.5 Å². The van der Waals surface area contributed by atoms with Crippen LogP contribution in [0.4, 0.5) is 15.3 Å². The zero-order valence-electron chi connectivity index (χ0n) is 28.0. The summed E-state index contributed by atoms with van der Waals surface area (Å²) < 4.78 is 11.6. The van der Waals surface area contributed by atoms with Crippen LogP contribution in [0.15, 0.2) is 36.4 Å². The Morgan fingerprint density at radius 1 is 0.979 bits per heavy atom. The highest BCUT2D eigenvalue weighted by molar-refractivity contribution is 5.91. The molecule has 3 fully saturated rings. The van der Waals surface area contributed by atoms with Gasteiger partial charge in [-0.25, -0.2) is 9.59 Å². The summed E-state index contributed by atoms with van der Waals surface area (Å²) in [5.74, 6) is 0.0540. The highest BCUT2D eigenvalue weighted by atomic mass is 16.6. The fraction of sp³-hybridized carbons (Fsp3) is 0.583. The number of ether oxygens (including phenoxy) is 2. The number of para-hydroxylation sites is 1. The Bertz CT molecular complexity index is 1440. The van der Waals surface area contributed by atoms with Gasteiger partial charge in [0.25, 0.3) is 5.91 Å². The number of urea groups is 1. The van der Waals surface area contributed by atoms with Crippen LogP contribution in [0.5, 0.6) is 5.75 Å². The molecular formula is C36H49N5O6. The predicted octanol–water partition coefficient (Wildman–Crippen LogP) is 4.32. The molecule has 11 heteroatoms. The molecule has 0 unspecified atom stereocenters. The number of hydrogen-bond acceptors (Lipinski definition) is 7. The van der Waals surface area contributed by atoms with Crippen molar-refractivity contribution in [2.24, 2.45) is 0 Å².